The van der Waals surface area contributed by atoms with Gasteiger partial charge in [0, 0.05) is 22.6 Å². The molecule has 78 valence electrons. The molecule has 0 saturated heterocycles. The number of nitrogens with zero attached hydrogens (tertiary/aromatic N) is 1. The average molecular weight is 223 g/mol. The Kier molecular flexibility index (Phi) is 3.62. The summed E-state index contributed by atoms with van der Waals surface area (Å²) >= 11 is 1.23. The molecule has 0 aliphatic heterocycles. The van der Waals surface area contributed by atoms with Crippen LogP contribution in [0, 0.1) is 10.1 Å². The quantitative estimate of drug-likeness (QED) is 0.341. The van der Waals surface area contributed by atoms with E-state index in [0.29, 0.717) is 10.5 Å². The van der Waals surface area contributed by atoms with Crippen molar-refractivity contribution >= 4 is 23.2 Å². The van der Waals surface area contributed by atoms with E-state index in [9.17, 15) is 14.9 Å². The minimum absolute atomic E-state index is 0.0882. The van der Waals surface area contributed by atoms with Crippen LogP contribution in [0.1, 0.15) is 10.4 Å². The lowest BCUT2D eigenvalue weighted by atomic mass is 10.1. The van der Waals surface area contributed by atoms with E-state index >= 15 is 0 Å². The smallest absolute Gasteiger partial charge is 0.270 e. The summed E-state index contributed by atoms with van der Waals surface area (Å²) < 4.78 is 0. The molecule has 5 heteroatoms. The average Bonchev–Trinajstić information content (AvgIpc) is 2.27. The second kappa shape index (κ2) is 4.75. The lowest BCUT2D eigenvalue weighted by Gasteiger charge is -2.00. The van der Waals surface area contributed by atoms with Gasteiger partial charge in [-0.3, -0.25) is 14.9 Å². The molecule has 0 fully saturated rings. The number of allylic oxidation sites excluding steroid dienone is 1. The summed E-state index contributed by atoms with van der Waals surface area (Å²) in [6.07, 6.45) is 1.73. The van der Waals surface area contributed by atoms with Crippen LogP contribution >= 0.6 is 11.8 Å². The number of rotatable bonds is 4. The van der Waals surface area contributed by atoms with E-state index in [2.05, 4.69) is 6.58 Å². The highest BCUT2D eigenvalue weighted by Gasteiger charge is 2.13. The number of hydrogen-bond donors (Lipinski definition) is 0. The number of carbonyl (C=O) groups is 1. The molecule has 15 heavy (non-hydrogen) atoms. The molecule has 0 unspecified atom stereocenters. The second-order valence-electron chi connectivity index (χ2n) is 2.76. The molecule has 0 aliphatic rings. The maximum absolute atomic E-state index is 11.6. The lowest BCUT2D eigenvalue weighted by Crippen LogP contribution is -2.00. The highest BCUT2D eigenvalue weighted by Crippen LogP contribution is 2.19. The van der Waals surface area contributed by atoms with Gasteiger partial charge in [0.25, 0.3) is 5.69 Å². The lowest BCUT2D eigenvalue weighted by molar-refractivity contribution is -0.384. The second-order valence-corrected chi connectivity index (χ2v) is 3.66. The number of hydrogen-bond acceptors (Lipinski definition) is 4. The van der Waals surface area contributed by atoms with E-state index in [0.717, 1.165) is 0 Å². The van der Waals surface area contributed by atoms with Crippen LogP contribution in [0.15, 0.2) is 35.7 Å². The van der Waals surface area contributed by atoms with Gasteiger partial charge in [-0.1, -0.05) is 18.7 Å². The molecular weight excluding hydrogens is 214 g/mol. The fourth-order valence-electron chi connectivity index (χ4n) is 1.01. The van der Waals surface area contributed by atoms with Crippen molar-refractivity contribution in [2.24, 2.45) is 0 Å². The van der Waals surface area contributed by atoms with Gasteiger partial charge in [-0.05, 0) is 6.26 Å². The monoisotopic (exact) mass is 223 g/mol. The van der Waals surface area contributed by atoms with Crippen molar-refractivity contribution in [3.8, 4) is 0 Å². The number of thioether (sulfide) groups is 1. The van der Waals surface area contributed by atoms with Crippen molar-refractivity contribution in [3.05, 3.63) is 51.4 Å². The molecule has 4 nitrogen and oxygen atoms in total. The number of Topliss-reactive ketones (excluding diaryl/α,β-unsaturated/α-hetero) is 1. The summed E-state index contributed by atoms with van der Waals surface area (Å²) in [4.78, 5) is 21.9. The van der Waals surface area contributed by atoms with Crippen molar-refractivity contribution in [3.63, 3.8) is 0 Å². The molecule has 0 saturated carbocycles. The maximum atomic E-state index is 11.6. The van der Waals surface area contributed by atoms with E-state index in [4.69, 9.17) is 0 Å². The zero-order chi connectivity index (χ0) is 11.4. The first-order chi connectivity index (χ1) is 7.06. The van der Waals surface area contributed by atoms with E-state index < -0.39 is 4.92 Å². The molecule has 1 rings (SSSR count). The van der Waals surface area contributed by atoms with E-state index in [1.54, 1.807) is 6.26 Å². The van der Waals surface area contributed by atoms with Crippen LogP contribution in [-0.4, -0.2) is 17.0 Å². The van der Waals surface area contributed by atoms with Crippen LogP contribution < -0.4 is 0 Å². The maximum Gasteiger partial charge on any atom is 0.270 e. The first-order valence-corrected chi connectivity index (χ1v) is 5.30. The minimum atomic E-state index is -0.529. The van der Waals surface area contributed by atoms with E-state index in [1.165, 1.54) is 36.0 Å². The Labute approximate surface area is 91.1 Å². The Morgan fingerprint density at radius 1 is 1.53 bits per heavy atom. The first kappa shape index (κ1) is 11.5. The third-order valence-electron chi connectivity index (χ3n) is 1.82. The van der Waals surface area contributed by atoms with Crippen molar-refractivity contribution in [1.29, 1.82) is 0 Å². The van der Waals surface area contributed by atoms with E-state index in [1.807, 2.05) is 0 Å². The van der Waals surface area contributed by atoms with Gasteiger partial charge in [0.1, 0.15) is 0 Å². The van der Waals surface area contributed by atoms with Crippen LogP contribution in [0.2, 0.25) is 0 Å². The van der Waals surface area contributed by atoms with Crippen LogP contribution in [0.3, 0.4) is 0 Å². The Morgan fingerprint density at radius 2 is 2.20 bits per heavy atom. The topological polar surface area (TPSA) is 60.2 Å². The summed E-state index contributed by atoms with van der Waals surface area (Å²) in [5.41, 5.74) is 0.207. The van der Waals surface area contributed by atoms with Crippen LogP contribution in [0.4, 0.5) is 5.69 Å². The largest absolute Gasteiger partial charge is 0.288 e. The molecule has 0 spiro atoms. The van der Waals surface area contributed by atoms with Crippen LogP contribution in [0.5, 0.6) is 0 Å². The van der Waals surface area contributed by atoms with Gasteiger partial charge in [0.05, 0.1) is 4.92 Å². The fraction of sp³-hybridized carbons (Fsp3) is 0.100. The number of ketones is 1. The Balaban J connectivity index is 3.05. The Bertz CT molecular complexity index is 428. The minimum Gasteiger partial charge on any atom is -0.288 e. The molecule has 0 bridgehead atoms. The number of carbonyl (C=O) groups excluding carboxylic acids is 1. The zero-order valence-electron chi connectivity index (χ0n) is 8.10. The Morgan fingerprint density at radius 3 is 2.73 bits per heavy atom. The molecule has 0 radical (unpaired) electrons. The van der Waals surface area contributed by atoms with Gasteiger partial charge in [0.2, 0.25) is 0 Å². The standard InChI is InChI=1S/C10H9NO3S/c1-7(15-2)10(12)8-4-3-5-9(6-8)11(13)14/h3-6H,1H2,2H3. The van der Waals surface area contributed by atoms with E-state index in [-0.39, 0.29) is 11.5 Å². The highest BCUT2D eigenvalue weighted by molar-refractivity contribution is 8.03. The number of non-ortho nitro benzene ring substituents is 1. The number of nitro benzene ring substituents is 1. The van der Waals surface area contributed by atoms with Crippen molar-refractivity contribution < 1.29 is 9.72 Å². The van der Waals surface area contributed by atoms with Gasteiger partial charge in [-0.2, -0.15) is 0 Å². The summed E-state index contributed by atoms with van der Waals surface area (Å²) in [7, 11) is 0. The predicted molar refractivity (Wildman–Crippen MR) is 60.1 cm³/mol. The molecule has 1 aromatic rings. The third kappa shape index (κ3) is 2.66. The summed E-state index contributed by atoms with van der Waals surface area (Å²) in [6.45, 7) is 3.57. The van der Waals surface area contributed by atoms with Gasteiger partial charge in [-0.25, -0.2) is 0 Å². The van der Waals surface area contributed by atoms with Gasteiger partial charge < -0.3 is 0 Å². The molecule has 1 aromatic carbocycles. The van der Waals surface area contributed by atoms with Crippen molar-refractivity contribution in [1.82, 2.24) is 0 Å². The molecule has 0 amide bonds. The Hall–Kier alpha value is -1.62. The van der Waals surface area contributed by atoms with Crippen molar-refractivity contribution in [2.45, 2.75) is 0 Å². The third-order valence-corrected chi connectivity index (χ3v) is 2.50. The predicted octanol–water partition coefficient (Wildman–Crippen LogP) is 2.65. The molecule has 0 atom stereocenters. The highest BCUT2D eigenvalue weighted by atomic mass is 32.2. The van der Waals surface area contributed by atoms with Gasteiger partial charge in [0.15, 0.2) is 5.78 Å². The van der Waals surface area contributed by atoms with Gasteiger partial charge >= 0.3 is 0 Å². The molecule has 0 aromatic heterocycles. The number of nitro groups is 1. The van der Waals surface area contributed by atoms with Crippen LogP contribution in [0.25, 0.3) is 0 Å². The first-order valence-electron chi connectivity index (χ1n) is 4.08. The molecule has 0 heterocycles. The molecule has 0 N–H and O–H groups in total. The summed E-state index contributed by atoms with van der Waals surface area (Å²) in [5.74, 6) is -0.272. The SMILES string of the molecule is C=C(SC)C(=O)c1cccc([N+](=O)[O-])c1. The summed E-state index contributed by atoms with van der Waals surface area (Å²) in [5, 5.41) is 10.5. The summed E-state index contributed by atoms with van der Waals surface area (Å²) in [6, 6.07) is 5.62. The zero-order valence-corrected chi connectivity index (χ0v) is 8.91. The normalized spacial score (nSPS) is 9.67. The fourth-order valence-corrected chi connectivity index (χ4v) is 1.32. The molecule has 0 aliphatic carbocycles. The molecular formula is C10H9NO3S. The van der Waals surface area contributed by atoms with Gasteiger partial charge in [-0.15, -0.1) is 11.8 Å². The van der Waals surface area contributed by atoms with Crippen molar-refractivity contribution in [2.75, 3.05) is 6.26 Å². The number of benzene rings is 1. The van der Waals surface area contributed by atoms with Crippen LogP contribution in [-0.2, 0) is 0 Å².